The second-order valence-corrected chi connectivity index (χ2v) is 12.6. The number of rotatable bonds is 9. The zero-order chi connectivity index (χ0) is 30.6. The molecule has 4 aromatic rings. The SMILES string of the molecule is C[C@H](NC(=O)CSc1nnc(-c2cccc(S(=O)(=O)N3CCOCC3)c2)n1-c1cccc(C(F)(F)F)c1)c1ccccc1. The van der Waals surface area contributed by atoms with Gasteiger partial charge in [0.05, 0.1) is 41.2 Å². The quantitative estimate of drug-likeness (QED) is 0.261. The monoisotopic (exact) mass is 631 g/mol. The van der Waals surface area contributed by atoms with Crippen molar-refractivity contribution in [2.75, 3.05) is 32.1 Å². The van der Waals surface area contributed by atoms with E-state index in [4.69, 9.17) is 4.74 Å². The van der Waals surface area contributed by atoms with Crippen molar-refractivity contribution in [2.24, 2.45) is 0 Å². The Bertz CT molecular complexity index is 1690. The number of halogens is 3. The largest absolute Gasteiger partial charge is 0.416 e. The van der Waals surface area contributed by atoms with Gasteiger partial charge in [-0.1, -0.05) is 60.3 Å². The normalized spacial score (nSPS) is 15.3. The summed E-state index contributed by atoms with van der Waals surface area (Å²) in [6.45, 7) is 2.82. The number of ether oxygens (including phenoxy) is 1. The number of hydrogen-bond donors (Lipinski definition) is 1. The third-order valence-corrected chi connectivity index (χ3v) is 9.60. The molecular weight excluding hydrogens is 603 g/mol. The summed E-state index contributed by atoms with van der Waals surface area (Å²) >= 11 is 1.00. The van der Waals surface area contributed by atoms with Crippen molar-refractivity contribution >= 4 is 27.7 Å². The van der Waals surface area contributed by atoms with Gasteiger partial charge in [0, 0.05) is 18.7 Å². The maximum absolute atomic E-state index is 13.6. The smallest absolute Gasteiger partial charge is 0.379 e. The third-order valence-electron chi connectivity index (χ3n) is 6.77. The Hall–Kier alpha value is -3.72. The first-order chi connectivity index (χ1) is 20.5. The van der Waals surface area contributed by atoms with Crippen molar-refractivity contribution in [3.05, 3.63) is 90.0 Å². The molecule has 3 aromatic carbocycles. The van der Waals surface area contributed by atoms with Crippen LogP contribution in [0.25, 0.3) is 17.1 Å². The molecule has 0 bridgehead atoms. The average molecular weight is 632 g/mol. The molecule has 0 radical (unpaired) electrons. The molecule has 43 heavy (non-hydrogen) atoms. The van der Waals surface area contributed by atoms with Gasteiger partial charge in [0.15, 0.2) is 11.0 Å². The molecular formula is C29H28F3N5O4S2. The fourth-order valence-electron chi connectivity index (χ4n) is 4.57. The Balaban J connectivity index is 1.48. The minimum Gasteiger partial charge on any atom is -0.379 e. The fourth-order valence-corrected chi connectivity index (χ4v) is 6.79. The predicted octanol–water partition coefficient (Wildman–Crippen LogP) is 4.94. The van der Waals surface area contributed by atoms with Crippen LogP contribution in [0.15, 0.2) is 88.9 Å². The van der Waals surface area contributed by atoms with Crippen molar-refractivity contribution in [3.8, 4) is 17.1 Å². The van der Waals surface area contributed by atoms with Crippen molar-refractivity contribution in [1.82, 2.24) is 24.4 Å². The third kappa shape index (κ3) is 7.09. The molecule has 5 rings (SSSR count). The molecule has 9 nitrogen and oxygen atoms in total. The first kappa shape index (κ1) is 30.7. The van der Waals surface area contributed by atoms with Crippen LogP contribution in [0, 0.1) is 0 Å². The van der Waals surface area contributed by atoms with E-state index in [0.717, 1.165) is 29.5 Å². The standard InChI is InChI=1S/C29H28F3N5O4S2/c1-20(21-7-3-2-4-8-21)33-26(38)19-42-28-35-34-27(37(28)24-11-6-10-23(18-24)29(30,31)32)22-9-5-12-25(17-22)43(39,40)36-13-15-41-16-14-36/h2-12,17-18,20H,13-16,19H2,1H3,(H,33,38)/t20-/m0/s1. The summed E-state index contributed by atoms with van der Waals surface area (Å²) < 4.78 is 75.5. The van der Waals surface area contributed by atoms with Crippen LogP contribution in [0.3, 0.4) is 0 Å². The Morgan fingerprint density at radius 3 is 2.44 bits per heavy atom. The highest BCUT2D eigenvalue weighted by Gasteiger charge is 2.31. The lowest BCUT2D eigenvalue weighted by Gasteiger charge is -2.26. The van der Waals surface area contributed by atoms with Gasteiger partial charge in [0.2, 0.25) is 15.9 Å². The van der Waals surface area contributed by atoms with Gasteiger partial charge in [-0.2, -0.15) is 17.5 Å². The lowest BCUT2D eigenvalue weighted by atomic mass is 10.1. The van der Waals surface area contributed by atoms with Gasteiger partial charge in [-0.05, 0) is 42.8 Å². The van der Waals surface area contributed by atoms with Crippen LogP contribution in [0.1, 0.15) is 24.1 Å². The van der Waals surface area contributed by atoms with Crippen LogP contribution < -0.4 is 5.32 Å². The summed E-state index contributed by atoms with van der Waals surface area (Å²) in [5, 5.41) is 11.5. The fraction of sp³-hybridized carbons (Fsp3) is 0.276. The van der Waals surface area contributed by atoms with E-state index in [1.54, 1.807) is 12.1 Å². The maximum atomic E-state index is 13.6. The Morgan fingerprint density at radius 2 is 1.72 bits per heavy atom. The van der Waals surface area contributed by atoms with E-state index in [-0.39, 0.29) is 65.6 Å². The molecule has 1 aromatic heterocycles. The number of amides is 1. The lowest BCUT2D eigenvalue weighted by Crippen LogP contribution is -2.40. The predicted molar refractivity (Wildman–Crippen MR) is 155 cm³/mol. The molecule has 0 saturated carbocycles. The maximum Gasteiger partial charge on any atom is 0.416 e. The van der Waals surface area contributed by atoms with Gasteiger partial charge in [0.25, 0.3) is 0 Å². The summed E-state index contributed by atoms with van der Waals surface area (Å²) in [6.07, 6.45) is -4.60. The molecule has 14 heteroatoms. The Kier molecular flexibility index (Phi) is 9.20. The van der Waals surface area contributed by atoms with Crippen molar-refractivity contribution in [1.29, 1.82) is 0 Å². The van der Waals surface area contributed by atoms with Crippen molar-refractivity contribution in [3.63, 3.8) is 0 Å². The molecule has 1 saturated heterocycles. The van der Waals surface area contributed by atoms with Crippen LogP contribution in [0.4, 0.5) is 13.2 Å². The number of hydrogen-bond acceptors (Lipinski definition) is 7. The van der Waals surface area contributed by atoms with Gasteiger partial charge < -0.3 is 10.1 Å². The molecule has 0 spiro atoms. The summed E-state index contributed by atoms with van der Waals surface area (Å²) in [4.78, 5) is 12.8. The van der Waals surface area contributed by atoms with Crippen LogP contribution in [0.5, 0.6) is 0 Å². The second-order valence-electron chi connectivity index (χ2n) is 9.72. The minimum absolute atomic E-state index is 0.00831. The van der Waals surface area contributed by atoms with Crippen LogP contribution in [-0.2, 0) is 25.7 Å². The van der Waals surface area contributed by atoms with E-state index >= 15 is 0 Å². The van der Waals surface area contributed by atoms with Gasteiger partial charge in [-0.25, -0.2) is 8.42 Å². The highest BCUT2D eigenvalue weighted by molar-refractivity contribution is 7.99. The summed E-state index contributed by atoms with van der Waals surface area (Å²) in [6, 6.07) is 19.8. The molecule has 0 aliphatic carbocycles. The Labute approximate surface area is 251 Å². The first-order valence-corrected chi connectivity index (χ1v) is 15.7. The zero-order valence-electron chi connectivity index (χ0n) is 23.0. The van der Waals surface area contributed by atoms with Crippen molar-refractivity contribution in [2.45, 2.75) is 29.2 Å². The number of morpholine rings is 1. The molecule has 1 aliphatic heterocycles. The summed E-state index contributed by atoms with van der Waals surface area (Å²) in [5.41, 5.74) is 0.478. The average Bonchev–Trinajstić information content (AvgIpc) is 3.45. The van der Waals surface area contributed by atoms with E-state index in [1.807, 2.05) is 37.3 Å². The molecule has 1 fully saturated rings. The molecule has 1 aliphatic rings. The number of alkyl halides is 3. The van der Waals surface area contributed by atoms with E-state index < -0.39 is 21.8 Å². The van der Waals surface area contributed by atoms with E-state index in [1.165, 1.54) is 33.1 Å². The zero-order valence-corrected chi connectivity index (χ0v) is 24.6. The van der Waals surface area contributed by atoms with Gasteiger partial charge in [-0.3, -0.25) is 9.36 Å². The van der Waals surface area contributed by atoms with Gasteiger partial charge in [0.1, 0.15) is 0 Å². The van der Waals surface area contributed by atoms with Crippen LogP contribution in [-0.4, -0.2) is 65.5 Å². The number of sulfonamides is 1. The number of aromatic nitrogens is 3. The number of carbonyl (C=O) groups is 1. The van der Waals surface area contributed by atoms with E-state index in [9.17, 15) is 26.4 Å². The number of thioether (sulfide) groups is 1. The molecule has 1 amide bonds. The first-order valence-electron chi connectivity index (χ1n) is 13.3. The van der Waals surface area contributed by atoms with E-state index in [2.05, 4.69) is 15.5 Å². The summed E-state index contributed by atoms with van der Waals surface area (Å²) in [5.74, 6) is -0.265. The molecule has 2 heterocycles. The van der Waals surface area contributed by atoms with Crippen LogP contribution in [0.2, 0.25) is 0 Å². The Morgan fingerprint density at radius 1 is 1.00 bits per heavy atom. The number of nitrogens with one attached hydrogen (secondary N) is 1. The van der Waals surface area contributed by atoms with E-state index in [0.29, 0.717) is 5.56 Å². The number of nitrogens with zero attached hydrogens (tertiary/aromatic N) is 4. The lowest BCUT2D eigenvalue weighted by molar-refractivity contribution is -0.137. The molecule has 226 valence electrons. The highest BCUT2D eigenvalue weighted by atomic mass is 32.2. The number of carbonyl (C=O) groups excluding carboxylic acids is 1. The van der Waals surface area contributed by atoms with Crippen LogP contribution >= 0.6 is 11.8 Å². The molecule has 1 atom stereocenters. The topological polar surface area (TPSA) is 106 Å². The highest BCUT2D eigenvalue weighted by Crippen LogP contribution is 2.34. The minimum atomic E-state index is -4.60. The van der Waals surface area contributed by atoms with Crippen molar-refractivity contribution < 1.29 is 31.1 Å². The summed E-state index contributed by atoms with van der Waals surface area (Å²) in [7, 11) is -3.86. The second kappa shape index (κ2) is 12.9. The van der Waals surface area contributed by atoms with Gasteiger partial charge >= 0.3 is 6.18 Å². The molecule has 0 unspecified atom stereocenters. The van der Waals surface area contributed by atoms with Gasteiger partial charge in [-0.15, -0.1) is 10.2 Å². The number of benzene rings is 3. The molecule has 1 N–H and O–H groups in total.